The van der Waals surface area contributed by atoms with E-state index in [2.05, 4.69) is 5.10 Å². The van der Waals surface area contributed by atoms with Gasteiger partial charge >= 0.3 is 0 Å². The molecule has 0 aliphatic heterocycles. The highest BCUT2D eigenvalue weighted by atomic mass is 19.1. The Balaban J connectivity index is 1.69. The number of fused-ring (bicyclic) bond motifs is 1. The summed E-state index contributed by atoms with van der Waals surface area (Å²) in [5, 5.41) is 5.51. The predicted molar refractivity (Wildman–Crippen MR) is 130 cm³/mol. The van der Waals surface area contributed by atoms with Crippen molar-refractivity contribution in [1.29, 1.82) is 0 Å². The van der Waals surface area contributed by atoms with Crippen LogP contribution in [0.1, 0.15) is 33.8 Å². The zero-order valence-corrected chi connectivity index (χ0v) is 19.8. The molecule has 0 fully saturated rings. The van der Waals surface area contributed by atoms with Gasteiger partial charge in [0.2, 0.25) is 5.89 Å². The standard InChI is InChI=1S/C27H25FN4O2/c1-15-9-10-16(2)22(11-15)26-29-23(19(5)34-26)14-31-24(33)12-17(3)25-18(4)30-32(27(25)31)21-8-6-7-20(28)13-21/h6-13H,14H2,1-5H3. The Morgan fingerprint density at radius 1 is 0.971 bits per heavy atom. The van der Waals surface area contributed by atoms with Gasteiger partial charge in [0.15, 0.2) is 0 Å². The van der Waals surface area contributed by atoms with E-state index in [1.165, 1.54) is 12.1 Å². The molecule has 34 heavy (non-hydrogen) atoms. The summed E-state index contributed by atoms with van der Waals surface area (Å²) >= 11 is 0. The summed E-state index contributed by atoms with van der Waals surface area (Å²) in [5.74, 6) is 0.802. The van der Waals surface area contributed by atoms with Gasteiger partial charge in [-0.1, -0.05) is 23.8 Å². The monoisotopic (exact) mass is 456 g/mol. The quantitative estimate of drug-likeness (QED) is 0.355. The fourth-order valence-electron chi connectivity index (χ4n) is 4.41. The molecule has 0 N–H and O–H groups in total. The van der Waals surface area contributed by atoms with E-state index in [4.69, 9.17) is 9.40 Å². The molecule has 0 unspecified atom stereocenters. The first-order chi connectivity index (χ1) is 16.2. The van der Waals surface area contributed by atoms with Crippen LogP contribution in [-0.4, -0.2) is 19.3 Å². The lowest BCUT2D eigenvalue weighted by Crippen LogP contribution is -2.23. The molecule has 2 aromatic carbocycles. The van der Waals surface area contributed by atoms with Crippen LogP contribution in [0.5, 0.6) is 0 Å². The zero-order chi connectivity index (χ0) is 24.1. The number of rotatable bonds is 4. The van der Waals surface area contributed by atoms with Gasteiger partial charge in [-0.15, -0.1) is 0 Å². The Morgan fingerprint density at radius 3 is 2.53 bits per heavy atom. The summed E-state index contributed by atoms with van der Waals surface area (Å²) in [4.78, 5) is 17.9. The molecule has 5 aromatic rings. The SMILES string of the molecule is Cc1ccc(C)c(-c2nc(Cn3c(=O)cc(C)c4c(C)nn(-c5cccc(F)c5)c43)c(C)o2)c1. The number of aromatic nitrogens is 4. The van der Waals surface area contributed by atoms with Crippen molar-refractivity contribution >= 4 is 11.0 Å². The third kappa shape index (κ3) is 3.63. The van der Waals surface area contributed by atoms with E-state index in [-0.39, 0.29) is 17.9 Å². The van der Waals surface area contributed by atoms with Crippen molar-refractivity contribution in [1.82, 2.24) is 19.3 Å². The number of hydrogen-bond donors (Lipinski definition) is 0. The van der Waals surface area contributed by atoms with Crippen LogP contribution in [0.25, 0.3) is 28.2 Å². The third-order valence-corrected chi connectivity index (χ3v) is 6.17. The summed E-state index contributed by atoms with van der Waals surface area (Å²) in [6.07, 6.45) is 0. The normalized spacial score (nSPS) is 11.5. The Kier molecular flexibility index (Phi) is 5.20. The van der Waals surface area contributed by atoms with Gasteiger partial charge in [0, 0.05) is 17.0 Å². The zero-order valence-electron chi connectivity index (χ0n) is 19.8. The average Bonchev–Trinajstić information content (AvgIpc) is 3.32. The highest BCUT2D eigenvalue weighted by Crippen LogP contribution is 2.28. The Hall–Kier alpha value is -4.00. The van der Waals surface area contributed by atoms with E-state index < -0.39 is 0 Å². The van der Waals surface area contributed by atoms with Crippen molar-refractivity contribution in [3.8, 4) is 17.1 Å². The fraction of sp³-hybridized carbons (Fsp3) is 0.222. The molecule has 0 saturated carbocycles. The number of benzene rings is 2. The van der Waals surface area contributed by atoms with Crippen molar-refractivity contribution in [2.75, 3.05) is 0 Å². The molecule has 0 radical (unpaired) electrons. The van der Waals surface area contributed by atoms with E-state index in [0.29, 0.717) is 28.7 Å². The Morgan fingerprint density at radius 2 is 1.76 bits per heavy atom. The number of aryl methyl sites for hydroxylation is 5. The summed E-state index contributed by atoms with van der Waals surface area (Å²) in [5.41, 5.74) is 6.32. The van der Waals surface area contributed by atoms with Crippen LogP contribution in [-0.2, 0) is 6.54 Å². The molecule has 0 aliphatic rings. The molecule has 0 aliphatic carbocycles. The molecule has 0 saturated heterocycles. The maximum absolute atomic E-state index is 14.0. The Labute approximate surface area is 196 Å². The number of hydrogen-bond acceptors (Lipinski definition) is 4. The minimum atomic E-state index is -0.370. The van der Waals surface area contributed by atoms with Gasteiger partial charge < -0.3 is 4.42 Å². The molecule has 0 bridgehead atoms. The number of halogens is 1. The summed E-state index contributed by atoms with van der Waals surface area (Å²) in [7, 11) is 0. The second-order valence-electron chi connectivity index (χ2n) is 8.77. The Bertz CT molecular complexity index is 1620. The summed E-state index contributed by atoms with van der Waals surface area (Å²) < 4.78 is 23.3. The minimum Gasteiger partial charge on any atom is -0.441 e. The van der Waals surface area contributed by atoms with Gasteiger partial charge in [-0.3, -0.25) is 9.36 Å². The van der Waals surface area contributed by atoms with Gasteiger partial charge in [-0.05, 0) is 70.0 Å². The molecule has 0 atom stereocenters. The van der Waals surface area contributed by atoms with Crippen LogP contribution in [0.15, 0.2) is 57.7 Å². The first-order valence-electron chi connectivity index (χ1n) is 11.1. The number of nitrogens with zero attached hydrogens (tertiary/aromatic N) is 4. The molecular formula is C27H25FN4O2. The largest absolute Gasteiger partial charge is 0.441 e. The minimum absolute atomic E-state index is 0.182. The van der Waals surface area contributed by atoms with Crippen molar-refractivity contribution in [2.24, 2.45) is 0 Å². The number of oxazole rings is 1. The molecule has 172 valence electrons. The van der Waals surface area contributed by atoms with Crippen molar-refractivity contribution in [3.05, 3.63) is 98.5 Å². The molecule has 3 aromatic heterocycles. The second-order valence-corrected chi connectivity index (χ2v) is 8.77. The van der Waals surface area contributed by atoms with Crippen molar-refractivity contribution < 1.29 is 8.81 Å². The van der Waals surface area contributed by atoms with E-state index in [1.54, 1.807) is 27.4 Å². The topological polar surface area (TPSA) is 65.8 Å². The highest BCUT2D eigenvalue weighted by Gasteiger charge is 2.20. The van der Waals surface area contributed by atoms with Crippen LogP contribution in [0, 0.1) is 40.4 Å². The maximum atomic E-state index is 14.0. The average molecular weight is 457 g/mol. The first-order valence-corrected chi connectivity index (χ1v) is 11.1. The van der Waals surface area contributed by atoms with Gasteiger partial charge in [-0.2, -0.15) is 5.10 Å². The van der Waals surface area contributed by atoms with E-state index in [0.717, 1.165) is 33.3 Å². The van der Waals surface area contributed by atoms with Crippen molar-refractivity contribution in [2.45, 2.75) is 41.2 Å². The molecule has 0 amide bonds. The highest BCUT2D eigenvalue weighted by molar-refractivity contribution is 5.83. The predicted octanol–water partition coefficient (Wildman–Crippen LogP) is 5.57. The summed E-state index contributed by atoms with van der Waals surface area (Å²) in [6, 6.07) is 13.9. The van der Waals surface area contributed by atoms with E-state index in [9.17, 15) is 9.18 Å². The number of pyridine rings is 1. The lowest BCUT2D eigenvalue weighted by Gasteiger charge is -2.11. The van der Waals surface area contributed by atoms with Crippen molar-refractivity contribution in [3.63, 3.8) is 0 Å². The lowest BCUT2D eigenvalue weighted by atomic mass is 10.1. The van der Waals surface area contributed by atoms with Crippen LogP contribution < -0.4 is 5.56 Å². The molecule has 0 spiro atoms. The van der Waals surface area contributed by atoms with E-state index in [1.807, 2.05) is 52.8 Å². The molecule has 3 heterocycles. The first kappa shape index (κ1) is 21.8. The molecular weight excluding hydrogens is 431 g/mol. The van der Waals surface area contributed by atoms with Gasteiger partial charge in [-0.25, -0.2) is 14.1 Å². The van der Waals surface area contributed by atoms with Gasteiger partial charge in [0.25, 0.3) is 5.56 Å². The molecule has 6 nitrogen and oxygen atoms in total. The van der Waals surface area contributed by atoms with Gasteiger partial charge in [0.1, 0.15) is 22.9 Å². The molecule has 5 rings (SSSR count). The van der Waals surface area contributed by atoms with E-state index >= 15 is 0 Å². The third-order valence-electron chi connectivity index (χ3n) is 6.17. The fourth-order valence-corrected chi connectivity index (χ4v) is 4.41. The lowest BCUT2D eigenvalue weighted by molar-refractivity contribution is 0.537. The molecule has 7 heteroatoms. The van der Waals surface area contributed by atoms with Gasteiger partial charge in [0.05, 0.1) is 17.9 Å². The van der Waals surface area contributed by atoms with Crippen LogP contribution in [0.2, 0.25) is 0 Å². The van der Waals surface area contributed by atoms with Crippen LogP contribution in [0.4, 0.5) is 4.39 Å². The second kappa shape index (κ2) is 8.09. The maximum Gasteiger partial charge on any atom is 0.252 e. The smallest absolute Gasteiger partial charge is 0.252 e. The van der Waals surface area contributed by atoms with Crippen LogP contribution in [0.3, 0.4) is 0 Å². The summed E-state index contributed by atoms with van der Waals surface area (Å²) in [6.45, 7) is 9.87. The van der Waals surface area contributed by atoms with Crippen LogP contribution >= 0.6 is 0 Å².